The minimum atomic E-state index is -0.764. The summed E-state index contributed by atoms with van der Waals surface area (Å²) in [5.41, 5.74) is 1.25. The zero-order chi connectivity index (χ0) is 19.8. The van der Waals surface area contributed by atoms with Gasteiger partial charge in [-0.1, -0.05) is 30.3 Å². The third-order valence-corrected chi connectivity index (χ3v) is 4.20. The number of anilines is 1. The van der Waals surface area contributed by atoms with Gasteiger partial charge >= 0.3 is 5.97 Å². The average Bonchev–Trinajstić information content (AvgIpc) is 2.68. The van der Waals surface area contributed by atoms with Crippen LogP contribution in [0.3, 0.4) is 0 Å². The van der Waals surface area contributed by atoms with E-state index in [9.17, 15) is 14.0 Å². The summed E-state index contributed by atoms with van der Waals surface area (Å²) in [5.74, 6) is -2.13. The normalized spacial score (nSPS) is 11.2. The van der Waals surface area contributed by atoms with E-state index in [1.54, 1.807) is 13.0 Å². The van der Waals surface area contributed by atoms with E-state index in [-0.39, 0.29) is 17.7 Å². The molecule has 2 aromatic carbocycles. The zero-order valence-corrected chi connectivity index (χ0v) is 15.9. The molecule has 0 bridgehead atoms. The van der Waals surface area contributed by atoms with Crippen LogP contribution in [-0.4, -0.2) is 31.4 Å². The number of esters is 1. The van der Waals surface area contributed by atoms with Crippen LogP contribution in [0.2, 0.25) is 0 Å². The number of carbonyl (C=O) groups excluding carboxylic acids is 2. The highest BCUT2D eigenvalue weighted by Gasteiger charge is 2.24. The van der Waals surface area contributed by atoms with Crippen LogP contribution in [0.25, 0.3) is 6.08 Å². The first-order valence-corrected chi connectivity index (χ1v) is 9.05. The first-order chi connectivity index (χ1) is 13.0. The van der Waals surface area contributed by atoms with Crippen molar-refractivity contribution < 1.29 is 18.7 Å². The maximum absolute atomic E-state index is 14.1. The molecule has 0 amide bonds. The molecule has 4 nitrogen and oxygen atoms in total. The minimum Gasteiger partial charge on any atom is -0.462 e. The number of ketones is 1. The van der Waals surface area contributed by atoms with E-state index in [4.69, 9.17) is 4.74 Å². The van der Waals surface area contributed by atoms with Crippen LogP contribution < -0.4 is 4.90 Å². The second-order valence-corrected chi connectivity index (χ2v) is 5.82. The molecule has 0 aromatic heterocycles. The van der Waals surface area contributed by atoms with Crippen LogP contribution in [0.15, 0.2) is 54.1 Å². The first kappa shape index (κ1) is 20.4. The predicted octanol–water partition coefficient (Wildman–Crippen LogP) is 4.50. The second-order valence-electron chi connectivity index (χ2n) is 5.82. The third-order valence-electron chi connectivity index (χ3n) is 4.20. The maximum atomic E-state index is 14.1. The van der Waals surface area contributed by atoms with Crippen molar-refractivity contribution in [2.75, 3.05) is 24.6 Å². The number of Topliss-reactive ketones (excluding diaryl/α,β-unsaturated/α-hetero) is 1. The van der Waals surface area contributed by atoms with Crippen LogP contribution in [0.4, 0.5) is 10.1 Å². The molecular weight excluding hydrogens is 345 g/mol. The van der Waals surface area contributed by atoms with Gasteiger partial charge < -0.3 is 9.64 Å². The van der Waals surface area contributed by atoms with Gasteiger partial charge in [0.05, 0.1) is 12.2 Å². The van der Waals surface area contributed by atoms with E-state index < -0.39 is 17.6 Å². The van der Waals surface area contributed by atoms with Crippen LogP contribution in [0.5, 0.6) is 0 Å². The number of hydrogen-bond donors (Lipinski definition) is 0. The SMILES string of the molecule is CCOC(=O)C(=Cc1ccccc1N(CC)CC)C(=O)c1ccccc1F. The number of carbonyl (C=O) groups is 2. The lowest BCUT2D eigenvalue weighted by molar-refractivity contribution is -0.137. The van der Waals surface area contributed by atoms with Crippen molar-refractivity contribution in [3.8, 4) is 0 Å². The molecule has 142 valence electrons. The van der Waals surface area contributed by atoms with Gasteiger partial charge in [-0.25, -0.2) is 9.18 Å². The molecular formula is C22H24FNO3. The topological polar surface area (TPSA) is 46.6 Å². The molecule has 0 aliphatic heterocycles. The summed E-state index contributed by atoms with van der Waals surface area (Å²) in [4.78, 5) is 27.4. The van der Waals surface area contributed by atoms with E-state index >= 15 is 0 Å². The van der Waals surface area contributed by atoms with Gasteiger partial charge in [0.25, 0.3) is 0 Å². The number of nitrogens with zero attached hydrogens (tertiary/aromatic N) is 1. The van der Waals surface area contributed by atoms with Crippen LogP contribution in [-0.2, 0) is 9.53 Å². The van der Waals surface area contributed by atoms with Gasteiger partial charge in [0.15, 0.2) is 0 Å². The Morgan fingerprint density at radius 1 is 1.00 bits per heavy atom. The highest BCUT2D eigenvalue weighted by molar-refractivity contribution is 6.27. The summed E-state index contributed by atoms with van der Waals surface area (Å²) in [5, 5.41) is 0. The summed E-state index contributed by atoms with van der Waals surface area (Å²) < 4.78 is 19.1. The standard InChI is InChI=1S/C22H24FNO3/c1-4-24(5-2)20-14-10-7-11-16(20)15-18(22(26)27-6-3)21(25)17-12-8-9-13-19(17)23/h7-15H,4-6H2,1-3H3. The highest BCUT2D eigenvalue weighted by atomic mass is 19.1. The van der Waals surface area contributed by atoms with Crippen molar-refractivity contribution in [3.05, 3.63) is 71.0 Å². The molecule has 27 heavy (non-hydrogen) atoms. The molecule has 0 spiro atoms. The van der Waals surface area contributed by atoms with Crippen LogP contribution >= 0.6 is 0 Å². The molecule has 0 saturated carbocycles. The number of halogens is 1. The van der Waals surface area contributed by atoms with Crippen molar-refractivity contribution in [2.45, 2.75) is 20.8 Å². The Hall–Kier alpha value is -2.95. The van der Waals surface area contributed by atoms with Gasteiger partial charge in [0.2, 0.25) is 5.78 Å². The lowest BCUT2D eigenvalue weighted by Crippen LogP contribution is -2.23. The Labute approximate surface area is 159 Å². The summed E-state index contributed by atoms with van der Waals surface area (Å²) in [6.45, 7) is 7.39. The molecule has 0 aliphatic carbocycles. The van der Waals surface area contributed by atoms with E-state index in [0.717, 1.165) is 18.8 Å². The molecule has 0 saturated heterocycles. The lowest BCUT2D eigenvalue weighted by Gasteiger charge is -2.23. The lowest BCUT2D eigenvalue weighted by atomic mass is 9.99. The number of ether oxygens (including phenoxy) is 1. The first-order valence-electron chi connectivity index (χ1n) is 9.05. The van der Waals surface area contributed by atoms with Crippen molar-refractivity contribution in [1.82, 2.24) is 0 Å². The summed E-state index contributed by atoms with van der Waals surface area (Å²) in [6.07, 6.45) is 1.49. The van der Waals surface area contributed by atoms with Gasteiger partial charge in [-0.05, 0) is 50.6 Å². The van der Waals surface area contributed by atoms with Crippen molar-refractivity contribution >= 4 is 23.5 Å². The molecule has 0 radical (unpaired) electrons. The summed E-state index contributed by atoms with van der Waals surface area (Å²) in [6, 6.07) is 13.1. The number of hydrogen-bond acceptors (Lipinski definition) is 4. The number of para-hydroxylation sites is 1. The Kier molecular flexibility index (Phi) is 7.29. The Balaban J connectivity index is 2.58. The molecule has 5 heteroatoms. The molecule has 2 aromatic rings. The number of benzene rings is 2. The van der Waals surface area contributed by atoms with Gasteiger partial charge in [-0.2, -0.15) is 0 Å². The van der Waals surface area contributed by atoms with E-state index in [2.05, 4.69) is 4.90 Å². The molecule has 0 unspecified atom stereocenters. The Morgan fingerprint density at radius 3 is 2.26 bits per heavy atom. The van der Waals surface area contributed by atoms with Gasteiger partial charge in [0, 0.05) is 18.8 Å². The van der Waals surface area contributed by atoms with E-state index in [1.165, 1.54) is 24.3 Å². The molecule has 2 rings (SSSR count). The average molecular weight is 369 g/mol. The van der Waals surface area contributed by atoms with Crippen LogP contribution in [0, 0.1) is 5.82 Å². The third kappa shape index (κ3) is 4.82. The van der Waals surface area contributed by atoms with Crippen LogP contribution in [0.1, 0.15) is 36.7 Å². The fraction of sp³-hybridized carbons (Fsp3) is 0.273. The monoisotopic (exact) mass is 369 g/mol. The van der Waals surface area contributed by atoms with Crippen molar-refractivity contribution in [1.29, 1.82) is 0 Å². The molecule has 0 atom stereocenters. The molecule has 0 fully saturated rings. The zero-order valence-electron chi connectivity index (χ0n) is 15.9. The Bertz CT molecular complexity index is 841. The Morgan fingerprint density at radius 2 is 1.63 bits per heavy atom. The van der Waals surface area contributed by atoms with E-state index in [0.29, 0.717) is 5.56 Å². The maximum Gasteiger partial charge on any atom is 0.342 e. The summed E-state index contributed by atoms with van der Waals surface area (Å²) in [7, 11) is 0. The smallest absolute Gasteiger partial charge is 0.342 e. The minimum absolute atomic E-state index is 0.123. The summed E-state index contributed by atoms with van der Waals surface area (Å²) >= 11 is 0. The van der Waals surface area contributed by atoms with Crippen molar-refractivity contribution in [3.63, 3.8) is 0 Å². The van der Waals surface area contributed by atoms with E-state index in [1.807, 2.05) is 38.1 Å². The molecule has 0 N–H and O–H groups in total. The fourth-order valence-electron chi connectivity index (χ4n) is 2.83. The highest BCUT2D eigenvalue weighted by Crippen LogP contribution is 2.25. The fourth-order valence-corrected chi connectivity index (χ4v) is 2.83. The number of rotatable bonds is 8. The van der Waals surface area contributed by atoms with Crippen molar-refractivity contribution in [2.24, 2.45) is 0 Å². The molecule has 0 aliphatic rings. The van der Waals surface area contributed by atoms with Gasteiger partial charge in [-0.15, -0.1) is 0 Å². The predicted molar refractivity (Wildman–Crippen MR) is 105 cm³/mol. The van der Waals surface area contributed by atoms with Gasteiger partial charge in [0.1, 0.15) is 11.4 Å². The van der Waals surface area contributed by atoms with Gasteiger partial charge in [-0.3, -0.25) is 4.79 Å². The molecule has 0 heterocycles. The second kappa shape index (κ2) is 9.67. The largest absolute Gasteiger partial charge is 0.462 e. The quantitative estimate of drug-likeness (QED) is 0.226.